The van der Waals surface area contributed by atoms with Gasteiger partial charge in [-0.05, 0) is 67.0 Å². The zero-order chi connectivity index (χ0) is 16.5. The SMILES string of the molecule is O=C(Nc1ccc(N2CCc3sccc3C2)cc1)C1CCCC1O. The van der Waals surface area contributed by atoms with Crippen molar-refractivity contribution in [1.82, 2.24) is 0 Å². The molecule has 1 aromatic heterocycles. The Morgan fingerprint density at radius 3 is 2.79 bits per heavy atom. The lowest BCUT2D eigenvalue weighted by atomic mass is 10.1. The molecule has 2 aliphatic rings. The number of aliphatic hydroxyl groups excluding tert-OH is 1. The maximum absolute atomic E-state index is 12.2. The first kappa shape index (κ1) is 15.7. The predicted molar refractivity (Wildman–Crippen MR) is 97.5 cm³/mol. The number of nitrogens with zero attached hydrogens (tertiary/aromatic N) is 1. The molecule has 1 fully saturated rings. The summed E-state index contributed by atoms with van der Waals surface area (Å²) in [7, 11) is 0. The largest absolute Gasteiger partial charge is 0.392 e. The van der Waals surface area contributed by atoms with Gasteiger partial charge in [-0.1, -0.05) is 0 Å². The number of carbonyl (C=O) groups is 1. The van der Waals surface area contributed by atoms with Gasteiger partial charge in [0.05, 0.1) is 12.0 Å². The molecule has 24 heavy (non-hydrogen) atoms. The fourth-order valence-corrected chi connectivity index (χ4v) is 4.60. The van der Waals surface area contributed by atoms with Crippen LogP contribution in [0, 0.1) is 5.92 Å². The number of rotatable bonds is 3. The molecule has 0 spiro atoms. The number of hydrogen-bond acceptors (Lipinski definition) is 4. The van der Waals surface area contributed by atoms with Gasteiger partial charge >= 0.3 is 0 Å². The third-order valence-electron chi connectivity index (χ3n) is 5.12. The van der Waals surface area contributed by atoms with Crippen LogP contribution in [0.1, 0.15) is 29.7 Å². The number of fused-ring (bicyclic) bond motifs is 1. The summed E-state index contributed by atoms with van der Waals surface area (Å²) in [5.74, 6) is -0.322. The number of thiophene rings is 1. The molecule has 4 rings (SSSR count). The van der Waals surface area contributed by atoms with Gasteiger partial charge in [0.25, 0.3) is 0 Å². The van der Waals surface area contributed by atoms with E-state index in [1.54, 1.807) is 0 Å². The monoisotopic (exact) mass is 342 g/mol. The molecule has 1 aliphatic carbocycles. The van der Waals surface area contributed by atoms with Gasteiger partial charge in [0.1, 0.15) is 0 Å². The summed E-state index contributed by atoms with van der Waals surface area (Å²) in [6.07, 6.45) is 3.05. The smallest absolute Gasteiger partial charge is 0.230 e. The number of amides is 1. The van der Waals surface area contributed by atoms with Crippen LogP contribution in [0.2, 0.25) is 0 Å². The second-order valence-corrected chi connectivity index (χ2v) is 7.68. The summed E-state index contributed by atoms with van der Waals surface area (Å²) in [4.78, 5) is 16.1. The topological polar surface area (TPSA) is 52.6 Å². The molecular formula is C19H22N2O2S. The summed E-state index contributed by atoms with van der Waals surface area (Å²) in [6, 6.07) is 10.3. The van der Waals surface area contributed by atoms with E-state index < -0.39 is 6.10 Å². The Labute approximate surface area is 146 Å². The van der Waals surface area contributed by atoms with Gasteiger partial charge in [-0.3, -0.25) is 4.79 Å². The van der Waals surface area contributed by atoms with Crippen LogP contribution in [0.15, 0.2) is 35.7 Å². The molecule has 5 heteroatoms. The van der Waals surface area contributed by atoms with Crippen molar-refractivity contribution in [3.05, 3.63) is 46.2 Å². The van der Waals surface area contributed by atoms with Crippen molar-refractivity contribution in [2.24, 2.45) is 5.92 Å². The van der Waals surface area contributed by atoms with E-state index in [2.05, 4.69) is 33.8 Å². The zero-order valence-corrected chi connectivity index (χ0v) is 14.4. The summed E-state index contributed by atoms with van der Waals surface area (Å²) < 4.78 is 0. The van der Waals surface area contributed by atoms with Crippen LogP contribution in [-0.2, 0) is 17.8 Å². The maximum Gasteiger partial charge on any atom is 0.230 e. The average Bonchev–Trinajstić information content (AvgIpc) is 3.23. The van der Waals surface area contributed by atoms with Crippen LogP contribution < -0.4 is 10.2 Å². The third-order valence-corrected chi connectivity index (χ3v) is 6.15. The summed E-state index contributed by atoms with van der Waals surface area (Å²) >= 11 is 1.85. The minimum atomic E-state index is -0.488. The highest BCUT2D eigenvalue weighted by atomic mass is 32.1. The van der Waals surface area contributed by atoms with Crippen LogP contribution in [0.5, 0.6) is 0 Å². The molecular weight excluding hydrogens is 320 g/mol. The van der Waals surface area contributed by atoms with E-state index in [9.17, 15) is 9.90 Å². The number of anilines is 2. The van der Waals surface area contributed by atoms with Crippen LogP contribution >= 0.6 is 11.3 Å². The Hall–Kier alpha value is -1.85. The summed E-state index contributed by atoms with van der Waals surface area (Å²) in [5, 5.41) is 15.0. The number of carbonyl (C=O) groups excluding carboxylic acids is 1. The number of aliphatic hydroxyl groups is 1. The zero-order valence-electron chi connectivity index (χ0n) is 13.6. The number of benzene rings is 1. The fraction of sp³-hybridized carbons (Fsp3) is 0.421. The van der Waals surface area contributed by atoms with E-state index in [-0.39, 0.29) is 11.8 Å². The Kier molecular flexibility index (Phi) is 4.29. The van der Waals surface area contributed by atoms with Crippen molar-refractivity contribution in [3.8, 4) is 0 Å². The lowest BCUT2D eigenvalue weighted by Crippen LogP contribution is -2.29. The maximum atomic E-state index is 12.2. The van der Waals surface area contributed by atoms with Gasteiger partial charge in [-0.25, -0.2) is 0 Å². The minimum Gasteiger partial charge on any atom is -0.392 e. The van der Waals surface area contributed by atoms with Crippen LogP contribution in [-0.4, -0.2) is 23.7 Å². The molecule has 1 amide bonds. The number of hydrogen-bond donors (Lipinski definition) is 2. The van der Waals surface area contributed by atoms with Crippen molar-refractivity contribution in [1.29, 1.82) is 0 Å². The molecule has 2 atom stereocenters. The highest BCUT2D eigenvalue weighted by molar-refractivity contribution is 7.10. The Balaban J connectivity index is 1.41. The van der Waals surface area contributed by atoms with Crippen molar-refractivity contribution in [2.75, 3.05) is 16.8 Å². The first-order valence-electron chi connectivity index (χ1n) is 8.60. The molecule has 2 N–H and O–H groups in total. The molecule has 4 nitrogen and oxygen atoms in total. The van der Waals surface area contributed by atoms with E-state index in [1.165, 1.54) is 16.1 Å². The van der Waals surface area contributed by atoms with Gasteiger partial charge < -0.3 is 15.3 Å². The predicted octanol–water partition coefficient (Wildman–Crippen LogP) is 3.41. The van der Waals surface area contributed by atoms with Gasteiger partial charge in [0, 0.05) is 29.3 Å². The molecule has 0 radical (unpaired) electrons. The Morgan fingerprint density at radius 2 is 2.04 bits per heavy atom. The lowest BCUT2D eigenvalue weighted by molar-refractivity contribution is -0.122. The normalized spacial score (nSPS) is 23.1. The molecule has 2 unspecified atom stereocenters. The molecule has 2 aromatic rings. The van der Waals surface area contributed by atoms with Crippen LogP contribution in [0.3, 0.4) is 0 Å². The summed E-state index contributed by atoms with van der Waals surface area (Å²) in [6.45, 7) is 1.99. The molecule has 126 valence electrons. The number of nitrogens with one attached hydrogen (secondary N) is 1. The van der Waals surface area contributed by atoms with Crippen molar-refractivity contribution >= 4 is 28.6 Å². The standard InChI is InChI=1S/C19H22N2O2S/c22-17-3-1-2-16(17)19(23)20-14-4-6-15(7-5-14)21-10-8-18-13(12-21)9-11-24-18/h4-7,9,11,16-17,22H,1-3,8,10,12H2,(H,20,23). The summed E-state index contributed by atoms with van der Waals surface area (Å²) in [5.41, 5.74) is 3.42. The van der Waals surface area contributed by atoms with Gasteiger partial charge in [0.15, 0.2) is 0 Å². The lowest BCUT2D eigenvalue weighted by Gasteiger charge is -2.29. The van der Waals surface area contributed by atoms with Crippen LogP contribution in [0.25, 0.3) is 0 Å². The van der Waals surface area contributed by atoms with Gasteiger partial charge in [-0.2, -0.15) is 0 Å². The molecule has 0 saturated heterocycles. The first-order chi connectivity index (χ1) is 11.7. The van der Waals surface area contributed by atoms with Crippen molar-refractivity contribution < 1.29 is 9.90 Å². The van der Waals surface area contributed by atoms with Gasteiger partial charge in [0.2, 0.25) is 5.91 Å². The van der Waals surface area contributed by atoms with E-state index in [0.717, 1.165) is 44.5 Å². The second-order valence-electron chi connectivity index (χ2n) is 6.68. The molecule has 0 bridgehead atoms. The molecule has 1 saturated carbocycles. The Bertz CT molecular complexity index is 725. The highest BCUT2D eigenvalue weighted by Gasteiger charge is 2.31. The molecule has 1 aromatic carbocycles. The van der Waals surface area contributed by atoms with E-state index in [0.29, 0.717) is 0 Å². The Morgan fingerprint density at radius 1 is 1.21 bits per heavy atom. The van der Waals surface area contributed by atoms with Crippen molar-refractivity contribution in [3.63, 3.8) is 0 Å². The highest BCUT2D eigenvalue weighted by Crippen LogP contribution is 2.29. The molecule has 1 aliphatic heterocycles. The van der Waals surface area contributed by atoms with E-state index in [1.807, 2.05) is 23.5 Å². The average molecular weight is 342 g/mol. The van der Waals surface area contributed by atoms with E-state index >= 15 is 0 Å². The van der Waals surface area contributed by atoms with Crippen molar-refractivity contribution in [2.45, 2.75) is 38.3 Å². The second kappa shape index (κ2) is 6.57. The fourth-order valence-electron chi connectivity index (χ4n) is 3.71. The quantitative estimate of drug-likeness (QED) is 0.899. The third kappa shape index (κ3) is 3.06. The van der Waals surface area contributed by atoms with Crippen LogP contribution in [0.4, 0.5) is 11.4 Å². The molecule has 2 heterocycles. The van der Waals surface area contributed by atoms with E-state index in [4.69, 9.17) is 0 Å². The first-order valence-corrected chi connectivity index (χ1v) is 9.48. The van der Waals surface area contributed by atoms with Gasteiger partial charge in [-0.15, -0.1) is 11.3 Å². The minimum absolute atomic E-state index is 0.0614.